The second-order valence-corrected chi connectivity index (χ2v) is 6.05. The minimum atomic E-state index is -0.442. The Morgan fingerprint density at radius 1 is 1.14 bits per heavy atom. The van der Waals surface area contributed by atoms with Crippen LogP contribution in [0, 0.1) is 0 Å². The molecule has 142 valence electrons. The summed E-state index contributed by atoms with van der Waals surface area (Å²) in [4.78, 5) is 27.5. The van der Waals surface area contributed by atoms with Crippen LogP contribution in [0.4, 0.5) is 0 Å². The Balaban J connectivity index is 1.70. The number of allylic oxidation sites excluding steroid dienone is 1. The molecule has 0 amide bonds. The second-order valence-electron chi connectivity index (χ2n) is 6.05. The molecule has 2 aromatic carbocycles. The van der Waals surface area contributed by atoms with E-state index in [9.17, 15) is 9.59 Å². The molecule has 1 aromatic heterocycles. The highest BCUT2D eigenvalue weighted by Crippen LogP contribution is 2.28. The van der Waals surface area contributed by atoms with Crippen LogP contribution in [0.15, 0.2) is 65.5 Å². The van der Waals surface area contributed by atoms with Gasteiger partial charge in [0.15, 0.2) is 29.4 Å². The Labute approximate surface area is 162 Å². The van der Waals surface area contributed by atoms with Crippen LogP contribution in [0.1, 0.15) is 18.1 Å². The fourth-order valence-corrected chi connectivity index (χ4v) is 2.67. The van der Waals surface area contributed by atoms with Crippen molar-refractivity contribution in [1.82, 2.24) is 4.98 Å². The maximum Gasteiger partial charge on any atom is 0.308 e. The Morgan fingerprint density at radius 2 is 2.00 bits per heavy atom. The van der Waals surface area contributed by atoms with E-state index in [4.69, 9.17) is 13.9 Å². The minimum absolute atomic E-state index is 0.0559. The summed E-state index contributed by atoms with van der Waals surface area (Å²) in [6.45, 7) is 1.32. The van der Waals surface area contributed by atoms with Gasteiger partial charge in [-0.3, -0.25) is 9.59 Å². The van der Waals surface area contributed by atoms with E-state index in [1.165, 1.54) is 26.5 Å². The fourth-order valence-electron chi connectivity index (χ4n) is 2.67. The second kappa shape index (κ2) is 8.81. The van der Waals surface area contributed by atoms with Gasteiger partial charge in [-0.05, 0) is 35.4 Å². The van der Waals surface area contributed by atoms with Crippen molar-refractivity contribution in [3.63, 3.8) is 0 Å². The van der Waals surface area contributed by atoms with E-state index in [-0.39, 0.29) is 12.2 Å². The van der Waals surface area contributed by atoms with Gasteiger partial charge in [-0.1, -0.05) is 30.3 Å². The van der Waals surface area contributed by atoms with Crippen molar-refractivity contribution in [3.05, 3.63) is 72.3 Å². The smallest absolute Gasteiger partial charge is 0.308 e. The van der Waals surface area contributed by atoms with Gasteiger partial charge in [0, 0.05) is 18.9 Å². The summed E-state index contributed by atoms with van der Waals surface area (Å²) in [6.07, 6.45) is 6.43. The van der Waals surface area contributed by atoms with E-state index in [1.807, 2.05) is 24.3 Å². The van der Waals surface area contributed by atoms with Crippen molar-refractivity contribution < 1.29 is 23.5 Å². The quantitative estimate of drug-likeness (QED) is 0.350. The number of hydrogen-bond donors (Lipinski definition) is 0. The van der Waals surface area contributed by atoms with Gasteiger partial charge in [-0.25, -0.2) is 4.98 Å². The predicted molar refractivity (Wildman–Crippen MR) is 104 cm³/mol. The van der Waals surface area contributed by atoms with Crippen LogP contribution in [0.25, 0.3) is 17.4 Å². The molecule has 0 radical (unpaired) electrons. The third kappa shape index (κ3) is 4.94. The molecule has 0 aliphatic heterocycles. The number of methoxy groups -OCH3 is 1. The number of oxazole rings is 1. The summed E-state index contributed by atoms with van der Waals surface area (Å²) in [5.74, 6) is 0.912. The Morgan fingerprint density at radius 3 is 2.71 bits per heavy atom. The summed E-state index contributed by atoms with van der Waals surface area (Å²) < 4.78 is 15.6. The van der Waals surface area contributed by atoms with Crippen molar-refractivity contribution in [2.24, 2.45) is 0 Å². The van der Waals surface area contributed by atoms with Crippen LogP contribution in [-0.2, 0) is 16.0 Å². The first-order valence-corrected chi connectivity index (χ1v) is 8.60. The summed E-state index contributed by atoms with van der Waals surface area (Å²) in [5.41, 5.74) is 2.47. The molecule has 6 heteroatoms. The molecule has 3 aromatic rings. The van der Waals surface area contributed by atoms with Gasteiger partial charge in [-0.15, -0.1) is 0 Å². The molecule has 0 fully saturated rings. The van der Waals surface area contributed by atoms with E-state index in [1.54, 1.807) is 30.5 Å². The SMILES string of the molecule is COc1ccc(/C=C/C(=O)Cc2cccc(-c3cnco3)c2)cc1OC(C)=O. The summed E-state index contributed by atoms with van der Waals surface area (Å²) >= 11 is 0. The predicted octanol–water partition coefficient (Wildman–Crippen LogP) is 4.10. The molecule has 1 heterocycles. The molecule has 0 aliphatic carbocycles. The van der Waals surface area contributed by atoms with Crippen molar-refractivity contribution >= 4 is 17.8 Å². The highest BCUT2D eigenvalue weighted by atomic mass is 16.6. The number of ketones is 1. The van der Waals surface area contributed by atoms with Crippen molar-refractivity contribution in [2.45, 2.75) is 13.3 Å². The number of aromatic nitrogens is 1. The molecule has 0 saturated carbocycles. The number of benzene rings is 2. The normalized spacial score (nSPS) is 10.8. The number of nitrogens with zero attached hydrogens (tertiary/aromatic N) is 1. The first-order chi connectivity index (χ1) is 13.5. The lowest BCUT2D eigenvalue weighted by Gasteiger charge is -2.08. The third-order valence-electron chi connectivity index (χ3n) is 3.93. The monoisotopic (exact) mass is 377 g/mol. The Bertz CT molecular complexity index is 1010. The van der Waals surface area contributed by atoms with Gasteiger partial charge >= 0.3 is 5.97 Å². The zero-order valence-corrected chi connectivity index (χ0v) is 15.5. The van der Waals surface area contributed by atoms with Gasteiger partial charge in [-0.2, -0.15) is 0 Å². The minimum Gasteiger partial charge on any atom is -0.493 e. The molecule has 0 atom stereocenters. The first kappa shape index (κ1) is 19.1. The largest absolute Gasteiger partial charge is 0.493 e. The van der Waals surface area contributed by atoms with E-state index < -0.39 is 5.97 Å². The zero-order valence-electron chi connectivity index (χ0n) is 15.5. The van der Waals surface area contributed by atoms with Gasteiger partial charge in [0.1, 0.15) is 0 Å². The van der Waals surface area contributed by atoms with Crippen LogP contribution in [0.5, 0.6) is 11.5 Å². The molecule has 0 spiro atoms. The number of esters is 1. The van der Waals surface area contributed by atoms with Crippen molar-refractivity contribution in [3.8, 4) is 22.8 Å². The van der Waals surface area contributed by atoms with Crippen LogP contribution in [0.2, 0.25) is 0 Å². The maximum absolute atomic E-state index is 12.3. The Kier molecular flexibility index (Phi) is 6.01. The van der Waals surface area contributed by atoms with E-state index in [0.717, 1.165) is 16.7 Å². The van der Waals surface area contributed by atoms with Crippen LogP contribution >= 0.6 is 0 Å². The van der Waals surface area contributed by atoms with Gasteiger partial charge in [0.25, 0.3) is 0 Å². The van der Waals surface area contributed by atoms with Crippen molar-refractivity contribution in [2.75, 3.05) is 7.11 Å². The van der Waals surface area contributed by atoms with Gasteiger partial charge in [0.05, 0.1) is 13.3 Å². The number of ether oxygens (including phenoxy) is 2. The molecule has 0 N–H and O–H groups in total. The van der Waals surface area contributed by atoms with E-state index in [2.05, 4.69) is 4.98 Å². The lowest BCUT2D eigenvalue weighted by atomic mass is 10.0. The van der Waals surface area contributed by atoms with Gasteiger partial charge in [0.2, 0.25) is 0 Å². The first-order valence-electron chi connectivity index (χ1n) is 8.60. The van der Waals surface area contributed by atoms with E-state index in [0.29, 0.717) is 17.3 Å². The summed E-state index contributed by atoms with van der Waals surface area (Å²) in [5, 5.41) is 0. The third-order valence-corrected chi connectivity index (χ3v) is 3.93. The summed E-state index contributed by atoms with van der Waals surface area (Å²) in [7, 11) is 1.49. The average Bonchev–Trinajstić information content (AvgIpc) is 3.21. The average molecular weight is 377 g/mol. The Hall–Kier alpha value is -3.67. The zero-order chi connectivity index (χ0) is 19.9. The molecule has 28 heavy (non-hydrogen) atoms. The maximum atomic E-state index is 12.3. The topological polar surface area (TPSA) is 78.6 Å². The molecule has 0 aliphatic rings. The highest BCUT2D eigenvalue weighted by molar-refractivity contribution is 5.95. The van der Waals surface area contributed by atoms with Crippen LogP contribution in [-0.4, -0.2) is 23.8 Å². The standard InChI is InChI=1S/C22H19NO5/c1-15(24)28-21-12-16(7-9-20(21)26-2)6-8-19(25)11-17-4-3-5-18(10-17)22-13-23-14-27-22/h3-10,12-14H,11H2,1-2H3/b8-6+. The lowest BCUT2D eigenvalue weighted by molar-refractivity contribution is -0.132. The number of carbonyl (C=O) groups excluding carboxylic acids is 2. The van der Waals surface area contributed by atoms with Crippen molar-refractivity contribution in [1.29, 1.82) is 0 Å². The highest BCUT2D eigenvalue weighted by Gasteiger charge is 2.08. The molecule has 6 nitrogen and oxygen atoms in total. The molecule has 3 rings (SSSR count). The molecule has 0 bridgehead atoms. The summed E-state index contributed by atoms with van der Waals surface area (Å²) in [6, 6.07) is 12.7. The molecular formula is C22H19NO5. The molecule has 0 saturated heterocycles. The molecule has 0 unspecified atom stereocenters. The van der Waals surface area contributed by atoms with Gasteiger partial charge < -0.3 is 13.9 Å². The number of hydrogen-bond acceptors (Lipinski definition) is 6. The van der Waals surface area contributed by atoms with Crippen LogP contribution < -0.4 is 9.47 Å². The lowest BCUT2D eigenvalue weighted by Crippen LogP contribution is -2.03. The van der Waals surface area contributed by atoms with E-state index >= 15 is 0 Å². The number of rotatable bonds is 7. The molecular weight excluding hydrogens is 358 g/mol. The fraction of sp³-hybridized carbons (Fsp3) is 0.136. The number of carbonyl (C=O) groups is 2. The van der Waals surface area contributed by atoms with Crippen LogP contribution in [0.3, 0.4) is 0 Å².